The van der Waals surface area contributed by atoms with Crippen LogP contribution in [0.2, 0.25) is 0 Å². The van der Waals surface area contributed by atoms with Gasteiger partial charge in [0.2, 0.25) is 0 Å². The number of halogens is 4. The molecule has 0 saturated heterocycles. The number of hydrogen-bond acceptors (Lipinski definition) is 2. The highest BCUT2D eigenvalue weighted by Gasteiger charge is 2.34. The van der Waals surface area contributed by atoms with Crippen LogP contribution >= 0.6 is 0 Å². The molecule has 0 amide bonds. The Bertz CT molecular complexity index is 432. The summed E-state index contributed by atoms with van der Waals surface area (Å²) in [5.41, 5.74) is -0.935. The van der Waals surface area contributed by atoms with Crippen LogP contribution in [0.25, 0.3) is 0 Å². The van der Waals surface area contributed by atoms with E-state index in [1.807, 2.05) is 13.8 Å². The van der Waals surface area contributed by atoms with Crippen LogP contribution in [0.15, 0.2) is 18.2 Å². The Morgan fingerprint density at radius 1 is 1.25 bits per heavy atom. The first-order valence-electron chi connectivity index (χ1n) is 6.44. The number of rotatable bonds is 6. The van der Waals surface area contributed by atoms with Crippen LogP contribution < -0.4 is 5.32 Å². The summed E-state index contributed by atoms with van der Waals surface area (Å²) in [4.78, 5) is 0. The summed E-state index contributed by atoms with van der Waals surface area (Å²) in [7, 11) is 0. The zero-order chi connectivity index (χ0) is 15.3. The van der Waals surface area contributed by atoms with Crippen molar-refractivity contribution in [3.63, 3.8) is 0 Å². The molecule has 0 aromatic heterocycles. The third-order valence-corrected chi connectivity index (χ3v) is 2.79. The first kappa shape index (κ1) is 16.9. The molecule has 0 aliphatic heterocycles. The van der Waals surface area contributed by atoms with Crippen molar-refractivity contribution in [1.82, 2.24) is 5.32 Å². The fraction of sp³-hybridized carbons (Fsp3) is 0.571. The van der Waals surface area contributed by atoms with Crippen molar-refractivity contribution in [2.75, 3.05) is 6.54 Å². The average molecular weight is 293 g/mol. The van der Waals surface area contributed by atoms with Gasteiger partial charge in [-0.1, -0.05) is 19.9 Å². The van der Waals surface area contributed by atoms with Gasteiger partial charge < -0.3 is 10.4 Å². The molecule has 1 rings (SSSR count). The van der Waals surface area contributed by atoms with Crippen LogP contribution in [-0.4, -0.2) is 17.8 Å². The third kappa shape index (κ3) is 5.46. The van der Waals surface area contributed by atoms with E-state index in [1.165, 1.54) is 6.07 Å². The molecule has 1 aromatic rings. The van der Waals surface area contributed by atoms with Gasteiger partial charge in [-0.15, -0.1) is 0 Å². The Kier molecular flexibility index (Phi) is 5.95. The minimum Gasteiger partial charge on any atom is -0.392 e. The predicted molar refractivity (Wildman–Crippen MR) is 68.6 cm³/mol. The van der Waals surface area contributed by atoms with Crippen molar-refractivity contribution in [2.45, 2.75) is 39.1 Å². The lowest BCUT2D eigenvalue weighted by Gasteiger charge is -2.14. The maximum Gasteiger partial charge on any atom is 0.419 e. The molecule has 0 heterocycles. The highest BCUT2D eigenvalue weighted by atomic mass is 19.4. The number of aliphatic hydroxyl groups is 1. The largest absolute Gasteiger partial charge is 0.419 e. The van der Waals surface area contributed by atoms with E-state index in [9.17, 15) is 22.7 Å². The van der Waals surface area contributed by atoms with Gasteiger partial charge in [-0.3, -0.25) is 0 Å². The molecular weight excluding hydrogens is 274 g/mol. The molecule has 1 unspecified atom stereocenters. The Labute approximate surface area is 115 Å². The van der Waals surface area contributed by atoms with Crippen LogP contribution in [0.4, 0.5) is 17.6 Å². The molecule has 0 fully saturated rings. The van der Waals surface area contributed by atoms with Crippen molar-refractivity contribution < 1.29 is 22.7 Å². The molecule has 2 nitrogen and oxygen atoms in total. The van der Waals surface area contributed by atoms with Crippen LogP contribution in [0.1, 0.15) is 31.4 Å². The van der Waals surface area contributed by atoms with E-state index in [2.05, 4.69) is 5.32 Å². The zero-order valence-corrected chi connectivity index (χ0v) is 11.5. The van der Waals surface area contributed by atoms with Gasteiger partial charge in [0.25, 0.3) is 0 Å². The maximum atomic E-state index is 13.1. The van der Waals surface area contributed by atoms with Gasteiger partial charge >= 0.3 is 6.18 Å². The van der Waals surface area contributed by atoms with Gasteiger partial charge in [0, 0.05) is 13.1 Å². The van der Waals surface area contributed by atoms with Gasteiger partial charge in [-0.05, 0) is 30.0 Å². The van der Waals surface area contributed by atoms with Crippen molar-refractivity contribution in [3.8, 4) is 0 Å². The first-order chi connectivity index (χ1) is 9.20. The quantitative estimate of drug-likeness (QED) is 0.788. The molecule has 1 atom stereocenters. The minimum absolute atomic E-state index is 0.151. The van der Waals surface area contributed by atoms with Crippen LogP contribution in [-0.2, 0) is 12.7 Å². The summed E-state index contributed by atoms with van der Waals surface area (Å²) >= 11 is 0. The number of hydrogen-bond donors (Lipinski definition) is 2. The molecule has 0 radical (unpaired) electrons. The second-order valence-corrected chi connectivity index (χ2v) is 5.23. The number of alkyl halides is 3. The molecule has 2 N–H and O–H groups in total. The highest BCUT2D eigenvalue weighted by molar-refractivity contribution is 5.27. The molecule has 20 heavy (non-hydrogen) atoms. The predicted octanol–water partition coefficient (Wildman–Crippen LogP) is 3.34. The Balaban J connectivity index is 2.57. The van der Waals surface area contributed by atoms with Crippen molar-refractivity contribution >= 4 is 0 Å². The standard InChI is InChI=1S/C14H19F4NO/c1-9(2)5-11(20)8-19-7-10-3-4-13(15)12(6-10)14(16,17)18/h3-4,6,9,11,19-20H,5,7-8H2,1-2H3. The Hall–Kier alpha value is -1.14. The summed E-state index contributed by atoms with van der Waals surface area (Å²) in [5, 5.41) is 12.5. The van der Waals surface area contributed by atoms with Gasteiger partial charge in [0.15, 0.2) is 0 Å². The Morgan fingerprint density at radius 3 is 2.45 bits per heavy atom. The molecule has 0 spiro atoms. The molecule has 114 valence electrons. The van der Waals surface area contributed by atoms with Gasteiger partial charge in [0.05, 0.1) is 11.7 Å². The van der Waals surface area contributed by atoms with E-state index in [-0.39, 0.29) is 13.1 Å². The zero-order valence-electron chi connectivity index (χ0n) is 11.5. The van der Waals surface area contributed by atoms with Gasteiger partial charge in [-0.25, -0.2) is 4.39 Å². The monoisotopic (exact) mass is 293 g/mol. The summed E-state index contributed by atoms with van der Waals surface area (Å²) in [6.07, 6.45) is -4.63. The van der Waals surface area contributed by atoms with Crippen LogP contribution in [0.3, 0.4) is 0 Å². The molecule has 0 aliphatic rings. The van der Waals surface area contributed by atoms with Crippen molar-refractivity contribution in [1.29, 1.82) is 0 Å². The number of benzene rings is 1. The second-order valence-electron chi connectivity index (χ2n) is 5.23. The third-order valence-electron chi connectivity index (χ3n) is 2.79. The van der Waals surface area contributed by atoms with E-state index in [4.69, 9.17) is 0 Å². The van der Waals surface area contributed by atoms with E-state index in [1.54, 1.807) is 0 Å². The molecule has 0 saturated carbocycles. The van der Waals surface area contributed by atoms with E-state index in [0.29, 0.717) is 17.9 Å². The van der Waals surface area contributed by atoms with Crippen LogP contribution in [0.5, 0.6) is 0 Å². The lowest BCUT2D eigenvalue weighted by molar-refractivity contribution is -0.140. The molecule has 0 bridgehead atoms. The van der Waals surface area contributed by atoms with Crippen LogP contribution in [0, 0.1) is 11.7 Å². The van der Waals surface area contributed by atoms with E-state index < -0.39 is 23.7 Å². The van der Waals surface area contributed by atoms with Gasteiger partial charge in [-0.2, -0.15) is 13.2 Å². The lowest BCUT2D eigenvalue weighted by Crippen LogP contribution is -2.27. The van der Waals surface area contributed by atoms with Crippen molar-refractivity contribution in [3.05, 3.63) is 35.1 Å². The van der Waals surface area contributed by atoms with E-state index in [0.717, 1.165) is 12.1 Å². The van der Waals surface area contributed by atoms with Gasteiger partial charge in [0.1, 0.15) is 5.82 Å². The first-order valence-corrected chi connectivity index (χ1v) is 6.44. The topological polar surface area (TPSA) is 32.3 Å². The number of nitrogens with one attached hydrogen (secondary N) is 1. The fourth-order valence-electron chi connectivity index (χ4n) is 1.91. The highest BCUT2D eigenvalue weighted by Crippen LogP contribution is 2.31. The Morgan fingerprint density at radius 2 is 1.90 bits per heavy atom. The summed E-state index contributed by atoms with van der Waals surface area (Å²) in [6, 6.07) is 2.90. The van der Waals surface area contributed by atoms with Crippen molar-refractivity contribution in [2.24, 2.45) is 5.92 Å². The smallest absolute Gasteiger partial charge is 0.392 e. The summed E-state index contributed by atoms with van der Waals surface area (Å²) < 4.78 is 50.6. The molecule has 6 heteroatoms. The molecule has 1 aromatic carbocycles. The maximum absolute atomic E-state index is 13.1. The molecular formula is C14H19F4NO. The second kappa shape index (κ2) is 7.04. The fourth-order valence-corrected chi connectivity index (χ4v) is 1.91. The SMILES string of the molecule is CC(C)CC(O)CNCc1ccc(F)c(C(F)(F)F)c1. The minimum atomic E-state index is -4.70. The molecule has 0 aliphatic carbocycles. The lowest BCUT2D eigenvalue weighted by atomic mass is 10.1. The average Bonchev–Trinajstić information content (AvgIpc) is 2.28. The number of aliphatic hydroxyl groups excluding tert-OH is 1. The normalized spacial score (nSPS) is 13.8. The summed E-state index contributed by atoms with van der Waals surface area (Å²) in [6.45, 7) is 4.38. The summed E-state index contributed by atoms with van der Waals surface area (Å²) in [5.74, 6) is -0.935. The van der Waals surface area contributed by atoms with E-state index >= 15 is 0 Å².